The number of aromatic nitrogens is 2. The van der Waals surface area contributed by atoms with Crippen LogP contribution in [0.2, 0.25) is 0 Å². The summed E-state index contributed by atoms with van der Waals surface area (Å²) in [5.74, 6) is -0.367. The van der Waals surface area contributed by atoms with Gasteiger partial charge < -0.3 is 4.74 Å². The van der Waals surface area contributed by atoms with E-state index >= 15 is 0 Å². The van der Waals surface area contributed by atoms with E-state index in [1.165, 1.54) is 12.6 Å². The van der Waals surface area contributed by atoms with Gasteiger partial charge in [-0.05, 0) is 19.8 Å². The van der Waals surface area contributed by atoms with E-state index in [9.17, 15) is 10.1 Å². The van der Waals surface area contributed by atoms with E-state index in [2.05, 4.69) is 11.2 Å². The lowest BCUT2D eigenvalue weighted by atomic mass is 9.96. The van der Waals surface area contributed by atoms with Crippen LogP contribution in [-0.4, -0.2) is 22.4 Å². The van der Waals surface area contributed by atoms with Crippen molar-refractivity contribution in [2.75, 3.05) is 6.61 Å². The van der Waals surface area contributed by atoms with Crippen molar-refractivity contribution in [1.82, 2.24) is 9.78 Å². The third kappa shape index (κ3) is 3.14. The van der Waals surface area contributed by atoms with Crippen LogP contribution < -0.4 is 0 Å². The molecule has 5 heteroatoms. The van der Waals surface area contributed by atoms with E-state index in [-0.39, 0.29) is 17.9 Å². The van der Waals surface area contributed by atoms with Crippen LogP contribution in [0.1, 0.15) is 55.4 Å². The molecule has 1 fully saturated rings. The number of hydrogen-bond donors (Lipinski definition) is 0. The van der Waals surface area contributed by atoms with Crippen LogP contribution in [0.4, 0.5) is 0 Å². The molecule has 0 aromatic carbocycles. The Hall–Kier alpha value is -1.83. The molecule has 0 N–H and O–H groups in total. The summed E-state index contributed by atoms with van der Waals surface area (Å²) in [5, 5.41) is 13.5. The van der Waals surface area contributed by atoms with Crippen LogP contribution in [0.25, 0.3) is 0 Å². The average Bonchev–Trinajstić information content (AvgIpc) is 2.78. The number of nitriles is 1. The van der Waals surface area contributed by atoms with Crippen molar-refractivity contribution in [1.29, 1.82) is 5.26 Å². The minimum atomic E-state index is -0.351. The van der Waals surface area contributed by atoms with Crippen LogP contribution in [0, 0.1) is 17.2 Å². The highest BCUT2D eigenvalue weighted by Gasteiger charge is 2.26. The van der Waals surface area contributed by atoms with Gasteiger partial charge in [0.1, 0.15) is 0 Å². The molecule has 102 valence electrons. The number of nitrogens with zero attached hydrogens (tertiary/aromatic N) is 3. The molecule has 1 heterocycles. The van der Waals surface area contributed by atoms with Crippen LogP contribution in [-0.2, 0) is 4.74 Å². The molecule has 0 bridgehead atoms. The second kappa shape index (κ2) is 6.37. The molecule has 1 aromatic heterocycles. The Morgan fingerprint density at radius 3 is 3.05 bits per heavy atom. The third-order valence-electron chi connectivity index (χ3n) is 3.60. The molecule has 0 aliphatic heterocycles. The second-order valence-electron chi connectivity index (χ2n) is 4.87. The fraction of sp³-hybridized carbons (Fsp3) is 0.643. The third-order valence-corrected chi connectivity index (χ3v) is 3.60. The quantitative estimate of drug-likeness (QED) is 0.619. The van der Waals surface area contributed by atoms with Crippen LogP contribution in [0.3, 0.4) is 0 Å². The number of esters is 1. The average molecular weight is 261 g/mol. The van der Waals surface area contributed by atoms with E-state index in [4.69, 9.17) is 4.74 Å². The van der Waals surface area contributed by atoms with E-state index in [0.29, 0.717) is 12.2 Å². The van der Waals surface area contributed by atoms with Gasteiger partial charge in [0.15, 0.2) is 0 Å². The first kappa shape index (κ1) is 13.6. The maximum atomic E-state index is 11.6. The highest BCUT2D eigenvalue weighted by atomic mass is 16.5. The molecule has 2 rings (SSSR count). The minimum Gasteiger partial charge on any atom is -0.462 e. The molecule has 0 saturated heterocycles. The Morgan fingerprint density at radius 1 is 1.53 bits per heavy atom. The standard InChI is InChI=1S/C14H19N3O2/c1-2-19-14(18)12-9-16-17(10-12)13-7-5-3-4-6-11(13)8-15/h9-11,13H,2-7H2,1H3. The van der Waals surface area contributed by atoms with Crippen molar-refractivity contribution in [3.63, 3.8) is 0 Å². The summed E-state index contributed by atoms with van der Waals surface area (Å²) in [7, 11) is 0. The lowest BCUT2D eigenvalue weighted by Gasteiger charge is -2.19. The number of ether oxygens (including phenoxy) is 1. The first-order chi connectivity index (χ1) is 9.26. The molecule has 1 aliphatic carbocycles. The SMILES string of the molecule is CCOC(=O)c1cnn(C2CCCCCC2C#N)c1. The van der Waals surface area contributed by atoms with E-state index < -0.39 is 0 Å². The van der Waals surface area contributed by atoms with Crippen molar-refractivity contribution in [2.24, 2.45) is 5.92 Å². The molecule has 5 nitrogen and oxygen atoms in total. The van der Waals surface area contributed by atoms with Crippen LogP contribution >= 0.6 is 0 Å². The number of rotatable bonds is 3. The van der Waals surface area contributed by atoms with Gasteiger partial charge in [-0.25, -0.2) is 4.79 Å². The zero-order valence-electron chi connectivity index (χ0n) is 11.2. The van der Waals surface area contributed by atoms with Crippen LogP contribution in [0.15, 0.2) is 12.4 Å². The Morgan fingerprint density at radius 2 is 2.32 bits per heavy atom. The lowest BCUT2D eigenvalue weighted by molar-refractivity contribution is 0.0526. The predicted octanol–water partition coefficient (Wildman–Crippen LogP) is 2.70. The van der Waals surface area contributed by atoms with E-state index in [0.717, 1.165) is 25.7 Å². The van der Waals surface area contributed by atoms with Gasteiger partial charge in [0.25, 0.3) is 0 Å². The highest BCUT2D eigenvalue weighted by Crippen LogP contribution is 2.31. The Kier molecular flexibility index (Phi) is 4.56. The molecular formula is C14H19N3O2. The van der Waals surface area contributed by atoms with Gasteiger partial charge in [-0.2, -0.15) is 10.4 Å². The molecule has 1 saturated carbocycles. The fourth-order valence-corrected chi connectivity index (χ4v) is 2.59. The zero-order valence-corrected chi connectivity index (χ0v) is 11.2. The molecule has 1 aromatic rings. The predicted molar refractivity (Wildman–Crippen MR) is 69.4 cm³/mol. The first-order valence-corrected chi connectivity index (χ1v) is 6.87. The van der Waals surface area contributed by atoms with Crippen molar-refractivity contribution in [2.45, 2.75) is 45.1 Å². The fourth-order valence-electron chi connectivity index (χ4n) is 2.59. The van der Waals surface area contributed by atoms with Crippen LogP contribution in [0.5, 0.6) is 0 Å². The topological polar surface area (TPSA) is 67.9 Å². The van der Waals surface area contributed by atoms with Gasteiger partial charge in [-0.15, -0.1) is 0 Å². The second-order valence-corrected chi connectivity index (χ2v) is 4.87. The van der Waals surface area contributed by atoms with Gasteiger partial charge in [0, 0.05) is 6.20 Å². The Labute approximate surface area is 113 Å². The largest absolute Gasteiger partial charge is 0.462 e. The van der Waals surface area contributed by atoms with Gasteiger partial charge >= 0.3 is 5.97 Å². The summed E-state index contributed by atoms with van der Waals surface area (Å²) in [6, 6.07) is 2.46. The highest BCUT2D eigenvalue weighted by molar-refractivity contribution is 5.88. The van der Waals surface area contributed by atoms with E-state index in [1.807, 2.05) is 0 Å². The smallest absolute Gasteiger partial charge is 0.341 e. The molecule has 2 atom stereocenters. The maximum absolute atomic E-state index is 11.6. The molecule has 0 radical (unpaired) electrons. The Balaban J connectivity index is 2.16. The van der Waals surface area contributed by atoms with Crippen molar-refractivity contribution in [3.05, 3.63) is 18.0 Å². The molecule has 0 amide bonds. The summed E-state index contributed by atoms with van der Waals surface area (Å²) in [6.07, 6.45) is 8.46. The molecule has 2 unspecified atom stereocenters. The van der Waals surface area contributed by atoms with Crippen molar-refractivity contribution >= 4 is 5.97 Å². The number of carbonyl (C=O) groups is 1. The maximum Gasteiger partial charge on any atom is 0.341 e. The monoisotopic (exact) mass is 261 g/mol. The van der Waals surface area contributed by atoms with Gasteiger partial charge in [-0.1, -0.05) is 19.3 Å². The number of hydrogen-bond acceptors (Lipinski definition) is 4. The lowest BCUT2D eigenvalue weighted by Crippen LogP contribution is -2.17. The molecule has 19 heavy (non-hydrogen) atoms. The normalized spacial score (nSPS) is 23.4. The van der Waals surface area contributed by atoms with Crippen molar-refractivity contribution in [3.8, 4) is 6.07 Å². The summed E-state index contributed by atoms with van der Waals surface area (Å²) < 4.78 is 6.72. The minimum absolute atomic E-state index is 0.0163. The molecule has 1 aliphatic rings. The van der Waals surface area contributed by atoms with Gasteiger partial charge in [0.2, 0.25) is 0 Å². The van der Waals surface area contributed by atoms with Gasteiger partial charge in [0.05, 0.1) is 36.4 Å². The first-order valence-electron chi connectivity index (χ1n) is 6.87. The van der Waals surface area contributed by atoms with E-state index in [1.54, 1.807) is 17.8 Å². The number of carbonyl (C=O) groups excluding carboxylic acids is 1. The molecular weight excluding hydrogens is 242 g/mol. The van der Waals surface area contributed by atoms with Gasteiger partial charge in [-0.3, -0.25) is 4.68 Å². The molecule has 0 spiro atoms. The summed E-state index contributed by atoms with van der Waals surface area (Å²) in [4.78, 5) is 11.6. The zero-order chi connectivity index (χ0) is 13.7. The summed E-state index contributed by atoms with van der Waals surface area (Å²) in [5.41, 5.74) is 0.461. The summed E-state index contributed by atoms with van der Waals surface area (Å²) >= 11 is 0. The Bertz CT molecular complexity index is 475. The summed E-state index contributed by atoms with van der Waals surface area (Å²) in [6.45, 7) is 2.13. The van der Waals surface area contributed by atoms with Crippen molar-refractivity contribution < 1.29 is 9.53 Å².